The first-order valence-corrected chi connectivity index (χ1v) is 8.59. The molecule has 0 spiro atoms. The van der Waals surface area contributed by atoms with Crippen LogP contribution >= 0.6 is 15.9 Å². The summed E-state index contributed by atoms with van der Waals surface area (Å²) in [5, 5.41) is 2.99. The van der Waals surface area contributed by atoms with Crippen LogP contribution in [0.1, 0.15) is 12.8 Å². The Hall–Kier alpha value is -2.21. The predicted molar refractivity (Wildman–Crippen MR) is 94.0 cm³/mol. The molecule has 2 heterocycles. The third-order valence-electron chi connectivity index (χ3n) is 4.11. The molecule has 1 saturated carbocycles. The van der Waals surface area contributed by atoms with Crippen LogP contribution in [0.15, 0.2) is 47.2 Å². The molecular formula is C18H15BrFN3O. The van der Waals surface area contributed by atoms with Crippen LogP contribution in [-0.2, 0) is 11.3 Å². The van der Waals surface area contributed by atoms with Gasteiger partial charge in [0, 0.05) is 24.0 Å². The summed E-state index contributed by atoms with van der Waals surface area (Å²) >= 11 is 3.50. The van der Waals surface area contributed by atoms with Gasteiger partial charge in [0.15, 0.2) is 0 Å². The Bertz CT molecular complexity index is 916. The van der Waals surface area contributed by atoms with E-state index in [1.807, 2.05) is 16.8 Å². The highest BCUT2D eigenvalue weighted by Crippen LogP contribution is 2.29. The fourth-order valence-corrected chi connectivity index (χ4v) is 3.26. The first kappa shape index (κ1) is 15.3. The zero-order valence-electron chi connectivity index (χ0n) is 12.8. The second kappa shape index (κ2) is 6.02. The lowest BCUT2D eigenvalue weighted by Gasteiger charge is -2.07. The molecule has 2 aromatic heterocycles. The number of rotatable bonds is 4. The van der Waals surface area contributed by atoms with Gasteiger partial charge in [0.05, 0.1) is 9.99 Å². The van der Waals surface area contributed by atoms with E-state index < -0.39 is 0 Å². The highest BCUT2D eigenvalue weighted by molar-refractivity contribution is 9.10. The number of pyridine rings is 1. The molecular weight excluding hydrogens is 373 g/mol. The summed E-state index contributed by atoms with van der Waals surface area (Å²) in [6.07, 6.45) is 5.77. The van der Waals surface area contributed by atoms with E-state index in [-0.39, 0.29) is 18.3 Å². The normalized spacial score (nSPS) is 14.1. The van der Waals surface area contributed by atoms with Gasteiger partial charge in [0.1, 0.15) is 17.9 Å². The van der Waals surface area contributed by atoms with Crippen molar-refractivity contribution in [3.8, 4) is 11.1 Å². The number of aromatic nitrogens is 2. The maximum Gasteiger partial charge on any atom is 0.240 e. The van der Waals surface area contributed by atoms with Crippen LogP contribution in [0.25, 0.3) is 22.2 Å². The minimum absolute atomic E-state index is 0.00841. The molecule has 1 aliphatic carbocycles. The molecule has 1 amide bonds. The predicted octanol–water partition coefficient (Wildman–Crippen LogP) is 3.88. The van der Waals surface area contributed by atoms with Crippen LogP contribution in [0.2, 0.25) is 0 Å². The number of nitrogens with one attached hydrogen (secondary N) is 1. The largest absolute Gasteiger partial charge is 0.352 e. The quantitative estimate of drug-likeness (QED) is 0.738. The lowest BCUT2D eigenvalue weighted by atomic mass is 10.1. The van der Waals surface area contributed by atoms with Gasteiger partial charge < -0.3 is 9.88 Å². The Morgan fingerprint density at radius 2 is 2.04 bits per heavy atom. The van der Waals surface area contributed by atoms with Gasteiger partial charge in [-0.3, -0.25) is 9.78 Å². The summed E-state index contributed by atoms with van der Waals surface area (Å²) in [6.45, 7) is 0.257. The molecule has 1 aromatic carbocycles. The van der Waals surface area contributed by atoms with Crippen molar-refractivity contribution in [3.05, 3.63) is 53.0 Å². The van der Waals surface area contributed by atoms with Gasteiger partial charge in [0.2, 0.25) is 5.91 Å². The number of benzene rings is 1. The molecule has 0 radical (unpaired) electrons. The van der Waals surface area contributed by atoms with E-state index in [1.54, 1.807) is 18.3 Å². The summed E-state index contributed by atoms with van der Waals surface area (Å²) in [5.41, 5.74) is 3.45. The van der Waals surface area contributed by atoms with E-state index in [2.05, 4.69) is 26.2 Å². The van der Waals surface area contributed by atoms with E-state index in [9.17, 15) is 9.18 Å². The average molecular weight is 388 g/mol. The Balaban J connectivity index is 1.70. The molecule has 1 N–H and O–H groups in total. The van der Waals surface area contributed by atoms with E-state index in [4.69, 9.17) is 0 Å². The smallest absolute Gasteiger partial charge is 0.240 e. The van der Waals surface area contributed by atoms with Gasteiger partial charge in [-0.25, -0.2) is 4.39 Å². The molecule has 0 unspecified atom stereocenters. The molecule has 1 aliphatic rings. The fourth-order valence-electron chi connectivity index (χ4n) is 2.71. The van der Waals surface area contributed by atoms with Crippen LogP contribution in [0.5, 0.6) is 0 Å². The minimum Gasteiger partial charge on any atom is -0.352 e. The number of hydrogen-bond donors (Lipinski definition) is 1. The summed E-state index contributed by atoms with van der Waals surface area (Å²) < 4.78 is 15.8. The number of nitrogens with zero attached hydrogens (tertiary/aromatic N) is 2. The topological polar surface area (TPSA) is 46.9 Å². The van der Waals surface area contributed by atoms with Crippen molar-refractivity contribution in [1.29, 1.82) is 0 Å². The molecule has 122 valence electrons. The molecule has 24 heavy (non-hydrogen) atoms. The summed E-state index contributed by atoms with van der Waals surface area (Å²) in [6, 6.07) is 8.62. The van der Waals surface area contributed by atoms with E-state index in [0.717, 1.165) is 39.5 Å². The number of fused-ring (bicyclic) bond motifs is 1. The average Bonchev–Trinajstić information content (AvgIpc) is 3.32. The third kappa shape index (κ3) is 3.06. The van der Waals surface area contributed by atoms with Gasteiger partial charge in [-0.15, -0.1) is 0 Å². The fraction of sp³-hybridized carbons (Fsp3) is 0.222. The minimum atomic E-state index is -0.268. The second-order valence-corrected chi connectivity index (χ2v) is 6.90. The number of halogens is 2. The molecule has 0 aliphatic heterocycles. The monoisotopic (exact) mass is 387 g/mol. The Morgan fingerprint density at radius 3 is 2.75 bits per heavy atom. The summed E-state index contributed by atoms with van der Waals surface area (Å²) in [5.74, 6) is -0.260. The maximum atomic E-state index is 13.1. The van der Waals surface area contributed by atoms with E-state index in [0.29, 0.717) is 6.04 Å². The number of carbonyl (C=O) groups excluding carboxylic acids is 1. The van der Waals surface area contributed by atoms with Crippen molar-refractivity contribution >= 4 is 32.9 Å². The molecule has 4 nitrogen and oxygen atoms in total. The molecule has 1 fully saturated rings. The Morgan fingerprint density at radius 1 is 1.29 bits per heavy atom. The molecule has 0 bridgehead atoms. The molecule has 4 rings (SSSR count). The summed E-state index contributed by atoms with van der Waals surface area (Å²) in [7, 11) is 0. The van der Waals surface area contributed by atoms with Crippen LogP contribution in [0, 0.1) is 5.82 Å². The summed E-state index contributed by atoms with van der Waals surface area (Å²) in [4.78, 5) is 16.6. The first-order valence-electron chi connectivity index (χ1n) is 7.80. The van der Waals surface area contributed by atoms with Crippen LogP contribution < -0.4 is 5.32 Å². The number of amides is 1. The molecule has 0 atom stereocenters. The standard InChI is InChI=1S/C18H15BrFN3O/c19-15-9-23(10-17(24)22-14-5-6-14)16-7-12(8-21-18(15)16)11-1-3-13(20)4-2-11/h1-4,7-9,14H,5-6,10H2,(H,22,24). The molecule has 0 saturated heterocycles. The van der Waals surface area contributed by atoms with Gasteiger partial charge in [-0.2, -0.15) is 0 Å². The van der Waals surface area contributed by atoms with Crippen molar-refractivity contribution in [1.82, 2.24) is 14.9 Å². The van der Waals surface area contributed by atoms with E-state index in [1.165, 1.54) is 12.1 Å². The van der Waals surface area contributed by atoms with Crippen molar-refractivity contribution < 1.29 is 9.18 Å². The van der Waals surface area contributed by atoms with Gasteiger partial charge in [0.25, 0.3) is 0 Å². The zero-order valence-corrected chi connectivity index (χ0v) is 14.4. The Kier molecular flexibility index (Phi) is 3.84. The second-order valence-electron chi connectivity index (χ2n) is 6.05. The van der Waals surface area contributed by atoms with Gasteiger partial charge in [-0.1, -0.05) is 12.1 Å². The van der Waals surface area contributed by atoms with Crippen molar-refractivity contribution in [2.75, 3.05) is 0 Å². The SMILES string of the molecule is O=C(Cn1cc(Br)c2ncc(-c3ccc(F)cc3)cc21)NC1CC1. The van der Waals surface area contributed by atoms with Gasteiger partial charge in [-0.05, 0) is 52.5 Å². The lowest BCUT2D eigenvalue weighted by molar-refractivity contribution is -0.121. The van der Waals surface area contributed by atoms with E-state index >= 15 is 0 Å². The van der Waals surface area contributed by atoms with Crippen molar-refractivity contribution in [2.45, 2.75) is 25.4 Å². The molecule has 6 heteroatoms. The zero-order chi connectivity index (χ0) is 16.7. The maximum absolute atomic E-state index is 13.1. The molecule has 3 aromatic rings. The lowest BCUT2D eigenvalue weighted by Crippen LogP contribution is -2.29. The Labute approximate surface area is 146 Å². The van der Waals surface area contributed by atoms with Gasteiger partial charge >= 0.3 is 0 Å². The number of carbonyl (C=O) groups is 1. The van der Waals surface area contributed by atoms with Crippen LogP contribution in [0.4, 0.5) is 4.39 Å². The highest BCUT2D eigenvalue weighted by Gasteiger charge is 2.23. The first-order chi connectivity index (χ1) is 11.6. The highest BCUT2D eigenvalue weighted by atomic mass is 79.9. The van der Waals surface area contributed by atoms with Crippen molar-refractivity contribution in [3.63, 3.8) is 0 Å². The van der Waals surface area contributed by atoms with Crippen LogP contribution in [0.3, 0.4) is 0 Å². The number of hydrogen-bond acceptors (Lipinski definition) is 2. The van der Waals surface area contributed by atoms with Crippen molar-refractivity contribution in [2.24, 2.45) is 0 Å². The van der Waals surface area contributed by atoms with Crippen LogP contribution in [-0.4, -0.2) is 21.5 Å². The third-order valence-corrected chi connectivity index (χ3v) is 4.69.